The van der Waals surface area contributed by atoms with Gasteiger partial charge >= 0.3 is 0 Å². The van der Waals surface area contributed by atoms with Crippen LogP contribution in [-0.4, -0.2) is 18.0 Å². The number of aromatic nitrogens is 1. The third-order valence-electron chi connectivity index (χ3n) is 4.00. The highest BCUT2D eigenvalue weighted by Crippen LogP contribution is 2.27. The molecule has 0 saturated heterocycles. The van der Waals surface area contributed by atoms with E-state index in [-0.39, 0.29) is 17.2 Å². The fraction of sp³-hybridized carbons (Fsp3) is 0.333. The predicted octanol–water partition coefficient (Wildman–Crippen LogP) is 3.62. The molecule has 2 rings (SSSR count). The van der Waals surface area contributed by atoms with Gasteiger partial charge in [0.2, 0.25) is 0 Å². The minimum atomic E-state index is -0.240. The number of ether oxygens (including phenoxy) is 1. The fourth-order valence-corrected chi connectivity index (χ4v) is 2.55. The van der Waals surface area contributed by atoms with Gasteiger partial charge in [0.1, 0.15) is 5.75 Å². The monoisotopic (exact) mass is 299 g/mol. The lowest BCUT2D eigenvalue weighted by atomic mass is 10.0. The van der Waals surface area contributed by atoms with Crippen molar-refractivity contribution in [3.05, 3.63) is 51.8 Å². The molecule has 0 saturated carbocycles. The highest BCUT2D eigenvalue weighted by atomic mass is 16.5. The van der Waals surface area contributed by atoms with Crippen molar-refractivity contribution in [2.45, 2.75) is 33.2 Å². The maximum absolute atomic E-state index is 12.5. The van der Waals surface area contributed by atoms with Crippen LogP contribution < -0.4 is 10.3 Å². The van der Waals surface area contributed by atoms with Crippen LogP contribution in [0.15, 0.2) is 35.1 Å². The molecule has 1 unspecified atom stereocenters. The van der Waals surface area contributed by atoms with Gasteiger partial charge in [-0.2, -0.15) is 0 Å². The minimum absolute atomic E-state index is 0.0183. The Morgan fingerprint density at radius 3 is 2.55 bits per heavy atom. The van der Waals surface area contributed by atoms with Crippen molar-refractivity contribution in [2.75, 3.05) is 7.11 Å². The molecule has 1 heterocycles. The summed E-state index contributed by atoms with van der Waals surface area (Å²) in [5.74, 6) is 0.811. The van der Waals surface area contributed by atoms with Gasteiger partial charge in [-0.1, -0.05) is 6.92 Å². The second kappa shape index (κ2) is 6.60. The zero-order valence-electron chi connectivity index (χ0n) is 13.4. The molecule has 0 fully saturated rings. The van der Waals surface area contributed by atoms with E-state index in [0.717, 1.165) is 29.0 Å². The van der Waals surface area contributed by atoms with E-state index in [1.165, 1.54) is 0 Å². The molecule has 1 atom stereocenters. The van der Waals surface area contributed by atoms with E-state index in [2.05, 4.69) is 0 Å². The van der Waals surface area contributed by atoms with Crippen LogP contribution in [0.4, 0.5) is 0 Å². The SMILES string of the molecule is CCC(C)n1c(-c2ccc(OC)c(C)c2)ccc(C=O)c1=O. The van der Waals surface area contributed by atoms with E-state index in [1.807, 2.05) is 45.0 Å². The first-order chi connectivity index (χ1) is 10.5. The van der Waals surface area contributed by atoms with Gasteiger partial charge < -0.3 is 9.30 Å². The lowest BCUT2D eigenvalue weighted by Gasteiger charge is -2.20. The van der Waals surface area contributed by atoms with Crippen molar-refractivity contribution < 1.29 is 9.53 Å². The number of hydrogen-bond acceptors (Lipinski definition) is 3. The Morgan fingerprint density at radius 1 is 1.27 bits per heavy atom. The van der Waals surface area contributed by atoms with Crippen LogP contribution in [0.25, 0.3) is 11.3 Å². The Kier molecular flexibility index (Phi) is 4.81. The summed E-state index contributed by atoms with van der Waals surface area (Å²) in [6, 6.07) is 9.25. The topological polar surface area (TPSA) is 48.3 Å². The third-order valence-corrected chi connectivity index (χ3v) is 4.00. The molecule has 0 spiro atoms. The number of benzene rings is 1. The highest BCUT2D eigenvalue weighted by Gasteiger charge is 2.15. The normalized spacial score (nSPS) is 12.0. The highest BCUT2D eigenvalue weighted by molar-refractivity contribution is 5.75. The van der Waals surface area contributed by atoms with Crippen molar-refractivity contribution in [3.63, 3.8) is 0 Å². The van der Waals surface area contributed by atoms with E-state index in [0.29, 0.717) is 6.29 Å². The Hall–Kier alpha value is -2.36. The van der Waals surface area contributed by atoms with Gasteiger partial charge in [-0.25, -0.2) is 0 Å². The van der Waals surface area contributed by atoms with Crippen molar-refractivity contribution in [1.82, 2.24) is 4.57 Å². The standard InChI is InChI=1S/C18H21NO3/c1-5-13(3)19-16(8-6-15(11-20)18(19)21)14-7-9-17(22-4)12(2)10-14/h6-11,13H,5H2,1-4H3. The lowest BCUT2D eigenvalue weighted by Crippen LogP contribution is -2.27. The van der Waals surface area contributed by atoms with Gasteiger partial charge in [-0.3, -0.25) is 9.59 Å². The van der Waals surface area contributed by atoms with Gasteiger partial charge in [-0.15, -0.1) is 0 Å². The molecule has 1 aromatic carbocycles. The molecule has 0 amide bonds. The van der Waals surface area contributed by atoms with Crippen molar-refractivity contribution in [3.8, 4) is 17.0 Å². The smallest absolute Gasteiger partial charge is 0.261 e. The van der Waals surface area contributed by atoms with Crippen molar-refractivity contribution in [1.29, 1.82) is 0 Å². The van der Waals surface area contributed by atoms with E-state index in [9.17, 15) is 9.59 Å². The van der Waals surface area contributed by atoms with Gasteiger partial charge in [0.25, 0.3) is 5.56 Å². The second-order valence-corrected chi connectivity index (χ2v) is 5.41. The average molecular weight is 299 g/mol. The van der Waals surface area contributed by atoms with Gasteiger partial charge in [0.05, 0.1) is 18.4 Å². The first-order valence-corrected chi connectivity index (χ1v) is 7.39. The molecule has 2 aromatic rings. The summed E-state index contributed by atoms with van der Waals surface area (Å²) in [5, 5.41) is 0. The number of rotatable bonds is 5. The van der Waals surface area contributed by atoms with Gasteiger partial charge in [-0.05, 0) is 61.7 Å². The number of carbonyl (C=O) groups is 1. The van der Waals surface area contributed by atoms with E-state index in [1.54, 1.807) is 17.7 Å². The molecule has 22 heavy (non-hydrogen) atoms. The predicted molar refractivity (Wildman–Crippen MR) is 87.8 cm³/mol. The third kappa shape index (κ3) is 2.82. The number of hydrogen-bond donors (Lipinski definition) is 0. The molecule has 0 N–H and O–H groups in total. The van der Waals surface area contributed by atoms with Crippen LogP contribution in [0.2, 0.25) is 0 Å². The van der Waals surface area contributed by atoms with Crippen LogP contribution in [0, 0.1) is 6.92 Å². The number of carbonyl (C=O) groups excluding carboxylic acids is 1. The summed E-state index contributed by atoms with van der Waals surface area (Å²) in [4.78, 5) is 23.6. The molecule has 0 aliphatic rings. The summed E-state index contributed by atoms with van der Waals surface area (Å²) in [6.07, 6.45) is 1.43. The Labute approximate surface area is 130 Å². The fourth-order valence-electron chi connectivity index (χ4n) is 2.55. The maximum Gasteiger partial charge on any atom is 0.261 e. The van der Waals surface area contributed by atoms with E-state index >= 15 is 0 Å². The number of aldehydes is 1. The van der Waals surface area contributed by atoms with Crippen LogP contribution in [0.3, 0.4) is 0 Å². The number of aryl methyl sites for hydroxylation is 1. The second-order valence-electron chi connectivity index (χ2n) is 5.41. The van der Waals surface area contributed by atoms with Crippen molar-refractivity contribution >= 4 is 6.29 Å². The zero-order valence-corrected chi connectivity index (χ0v) is 13.4. The van der Waals surface area contributed by atoms with Gasteiger partial charge in [0.15, 0.2) is 6.29 Å². The maximum atomic E-state index is 12.5. The van der Waals surface area contributed by atoms with E-state index < -0.39 is 0 Å². The number of nitrogens with zero attached hydrogens (tertiary/aromatic N) is 1. The van der Waals surface area contributed by atoms with Crippen LogP contribution in [0.1, 0.15) is 42.2 Å². The first kappa shape index (κ1) is 16.0. The van der Waals surface area contributed by atoms with Crippen LogP contribution in [0.5, 0.6) is 5.75 Å². The Bertz CT molecular complexity index is 746. The Morgan fingerprint density at radius 2 is 2.00 bits per heavy atom. The largest absolute Gasteiger partial charge is 0.496 e. The summed E-state index contributed by atoms with van der Waals surface area (Å²) in [6.45, 7) is 5.97. The molecular formula is C18H21NO3. The molecule has 1 aromatic heterocycles. The number of pyridine rings is 1. The lowest BCUT2D eigenvalue weighted by molar-refractivity contribution is 0.112. The average Bonchev–Trinajstić information content (AvgIpc) is 2.53. The van der Waals surface area contributed by atoms with Crippen LogP contribution >= 0.6 is 0 Å². The molecule has 0 aliphatic carbocycles. The molecular weight excluding hydrogens is 278 g/mol. The van der Waals surface area contributed by atoms with E-state index in [4.69, 9.17) is 4.74 Å². The quantitative estimate of drug-likeness (QED) is 0.792. The number of methoxy groups -OCH3 is 1. The zero-order chi connectivity index (χ0) is 16.3. The summed E-state index contributed by atoms with van der Waals surface area (Å²) >= 11 is 0. The first-order valence-electron chi connectivity index (χ1n) is 7.39. The molecule has 0 aliphatic heterocycles. The molecule has 4 heteroatoms. The molecule has 4 nitrogen and oxygen atoms in total. The molecule has 116 valence electrons. The van der Waals surface area contributed by atoms with Crippen LogP contribution in [-0.2, 0) is 0 Å². The minimum Gasteiger partial charge on any atom is -0.496 e. The Balaban J connectivity index is 2.69. The molecule has 0 bridgehead atoms. The van der Waals surface area contributed by atoms with Crippen molar-refractivity contribution in [2.24, 2.45) is 0 Å². The molecule has 0 radical (unpaired) electrons. The summed E-state index contributed by atoms with van der Waals surface area (Å²) < 4.78 is 6.98. The summed E-state index contributed by atoms with van der Waals surface area (Å²) in [5.41, 5.74) is 2.70. The van der Waals surface area contributed by atoms with Gasteiger partial charge in [0, 0.05) is 6.04 Å². The summed E-state index contributed by atoms with van der Waals surface area (Å²) in [7, 11) is 1.63.